The highest BCUT2D eigenvalue weighted by Crippen LogP contribution is 2.21. The van der Waals surface area contributed by atoms with Gasteiger partial charge in [-0.1, -0.05) is 0 Å². The Bertz CT molecular complexity index is 587. The smallest absolute Gasteiger partial charge is 0.303 e. The zero-order valence-corrected chi connectivity index (χ0v) is 10.8. The number of aliphatic carboxylic acids is 1. The molecule has 0 unspecified atom stereocenters. The molecule has 2 rings (SSSR count). The zero-order chi connectivity index (χ0) is 14.2. The van der Waals surface area contributed by atoms with Crippen molar-refractivity contribution >= 4 is 11.9 Å². The van der Waals surface area contributed by atoms with E-state index in [1.807, 2.05) is 0 Å². The van der Waals surface area contributed by atoms with Crippen LogP contribution >= 0.6 is 0 Å². The van der Waals surface area contributed by atoms with E-state index in [2.05, 4.69) is 10.2 Å². The van der Waals surface area contributed by atoms with Gasteiger partial charge < -0.3 is 10.0 Å². The molecule has 7 heteroatoms. The summed E-state index contributed by atoms with van der Waals surface area (Å²) >= 11 is 0. The second-order valence-electron chi connectivity index (χ2n) is 4.81. The van der Waals surface area contributed by atoms with Gasteiger partial charge in [0.15, 0.2) is 0 Å². The molecular formula is C12H15N3O4. The van der Waals surface area contributed by atoms with Crippen molar-refractivity contribution in [1.82, 2.24) is 15.1 Å². The van der Waals surface area contributed by atoms with E-state index in [1.165, 1.54) is 4.90 Å². The summed E-state index contributed by atoms with van der Waals surface area (Å²) in [4.78, 5) is 35.9. The first-order valence-corrected chi connectivity index (χ1v) is 5.97. The summed E-state index contributed by atoms with van der Waals surface area (Å²) in [7, 11) is 0. The molecule has 0 radical (unpaired) electrons. The molecule has 0 aromatic carbocycles. The number of rotatable bonds is 3. The van der Waals surface area contributed by atoms with E-state index >= 15 is 0 Å². The third kappa shape index (κ3) is 2.49. The molecule has 1 aromatic heterocycles. The molecule has 2 N–H and O–H groups in total. The Hall–Kier alpha value is -2.18. The molecule has 1 amide bonds. The lowest BCUT2D eigenvalue weighted by molar-refractivity contribution is -0.139. The summed E-state index contributed by atoms with van der Waals surface area (Å²) in [5, 5.41) is 14.7. The molecule has 102 valence electrons. The van der Waals surface area contributed by atoms with Crippen molar-refractivity contribution in [2.24, 2.45) is 5.92 Å². The lowest BCUT2D eigenvalue weighted by Gasteiger charge is -2.38. The highest BCUT2D eigenvalue weighted by Gasteiger charge is 2.34. The van der Waals surface area contributed by atoms with Crippen molar-refractivity contribution in [3.8, 4) is 0 Å². The Labute approximate surface area is 109 Å². The summed E-state index contributed by atoms with van der Waals surface area (Å²) in [6, 6.07) is 0. The molecule has 0 aliphatic carbocycles. The third-order valence-electron chi connectivity index (χ3n) is 3.39. The number of carboxylic acids is 1. The highest BCUT2D eigenvalue weighted by molar-refractivity contribution is 5.96. The van der Waals surface area contributed by atoms with Gasteiger partial charge in [-0.2, -0.15) is 5.10 Å². The van der Waals surface area contributed by atoms with Crippen LogP contribution in [-0.4, -0.2) is 45.2 Å². The molecule has 1 saturated heterocycles. The molecule has 0 spiro atoms. The standard InChI is InChI=1S/C12H15N3O4/c1-6-7(2)13-14-11(18)10(6)12(19)15-4-8(5-15)3-9(16)17/h8H,3-5H2,1-2H3,(H,14,18)(H,16,17). The van der Waals surface area contributed by atoms with Crippen LogP contribution in [0.4, 0.5) is 0 Å². The second kappa shape index (κ2) is 4.83. The number of likely N-dealkylation sites (tertiary alicyclic amines) is 1. The molecule has 1 fully saturated rings. The highest BCUT2D eigenvalue weighted by atomic mass is 16.4. The molecule has 7 nitrogen and oxygen atoms in total. The van der Waals surface area contributed by atoms with Crippen molar-refractivity contribution in [3.05, 3.63) is 27.2 Å². The average molecular weight is 265 g/mol. The molecule has 0 atom stereocenters. The molecule has 1 aliphatic heterocycles. The molecule has 1 aromatic rings. The Balaban J connectivity index is 2.13. The Morgan fingerprint density at radius 3 is 2.63 bits per heavy atom. The van der Waals surface area contributed by atoms with Crippen LogP contribution in [0.5, 0.6) is 0 Å². The Morgan fingerprint density at radius 2 is 2.05 bits per heavy atom. The number of hydrogen-bond donors (Lipinski definition) is 2. The van der Waals surface area contributed by atoms with Crippen LogP contribution < -0.4 is 5.56 Å². The van der Waals surface area contributed by atoms with Crippen molar-refractivity contribution in [2.75, 3.05) is 13.1 Å². The fraction of sp³-hybridized carbons (Fsp3) is 0.500. The molecule has 2 heterocycles. The quantitative estimate of drug-likeness (QED) is 0.796. The first-order valence-electron chi connectivity index (χ1n) is 5.97. The second-order valence-corrected chi connectivity index (χ2v) is 4.81. The molecule has 0 bridgehead atoms. The van der Waals surface area contributed by atoms with Crippen LogP contribution in [0.3, 0.4) is 0 Å². The van der Waals surface area contributed by atoms with E-state index in [1.54, 1.807) is 13.8 Å². The number of carbonyl (C=O) groups excluding carboxylic acids is 1. The topological polar surface area (TPSA) is 103 Å². The van der Waals surface area contributed by atoms with Gasteiger partial charge in [-0.05, 0) is 19.4 Å². The third-order valence-corrected chi connectivity index (χ3v) is 3.39. The van der Waals surface area contributed by atoms with E-state index in [9.17, 15) is 14.4 Å². The van der Waals surface area contributed by atoms with E-state index in [0.717, 1.165) is 0 Å². The summed E-state index contributed by atoms with van der Waals surface area (Å²) in [6.07, 6.45) is 0.0501. The fourth-order valence-electron chi connectivity index (χ4n) is 2.15. The van der Waals surface area contributed by atoms with Crippen LogP contribution in [0.15, 0.2) is 4.79 Å². The number of aryl methyl sites for hydroxylation is 1. The van der Waals surface area contributed by atoms with E-state index in [0.29, 0.717) is 24.3 Å². The average Bonchev–Trinajstić information content (AvgIpc) is 2.28. The summed E-state index contributed by atoms with van der Waals surface area (Å²) in [6.45, 7) is 4.15. The van der Waals surface area contributed by atoms with Gasteiger partial charge in [0, 0.05) is 19.0 Å². The molecular weight excluding hydrogens is 250 g/mol. The van der Waals surface area contributed by atoms with Crippen LogP contribution in [0.1, 0.15) is 28.0 Å². The molecule has 1 aliphatic rings. The normalized spacial score (nSPS) is 15.2. The van der Waals surface area contributed by atoms with Gasteiger partial charge >= 0.3 is 5.97 Å². The number of aromatic nitrogens is 2. The van der Waals surface area contributed by atoms with Crippen LogP contribution in [0.2, 0.25) is 0 Å². The van der Waals surface area contributed by atoms with Crippen molar-refractivity contribution in [1.29, 1.82) is 0 Å². The molecule has 0 saturated carbocycles. The maximum absolute atomic E-state index is 12.2. The van der Waals surface area contributed by atoms with Crippen LogP contribution in [0, 0.1) is 19.8 Å². The van der Waals surface area contributed by atoms with Crippen molar-refractivity contribution in [3.63, 3.8) is 0 Å². The van der Waals surface area contributed by atoms with Gasteiger partial charge in [0.1, 0.15) is 5.56 Å². The summed E-state index contributed by atoms with van der Waals surface area (Å²) in [5.41, 5.74) is 0.761. The SMILES string of the molecule is Cc1n[nH]c(=O)c(C(=O)N2CC(CC(=O)O)C2)c1C. The number of carboxylic acid groups (broad SMARTS) is 1. The lowest BCUT2D eigenvalue weighted by Crippen LogP contribution is -2.51. The van der Waals surface area contributed by atoms with Gasteiger partial charge in [0.25, 0.3) is 11.5 Å². The number of nitrogens with zero attached hydrogens (tertiary/aromatic N) is 2. The van der Waals surface area contributed by atoms with Crippen molar-refractivity contribution < 1.29 is 14.7 Å². The van der Waals surface area contributed by atoms with E-state index in [-0.39, 0.29) is 23.8 Å². The van der Waals surface area contributed by atoms with Crippen LogP contribution in [0.25, 0.3) is 0 Å². The summed E-state index contributed by atoms with van der Waals surface area (Å²) in [5.74, 6) is -1.25. The first kappa shape index (κ1) is 13.3. The minimum Gasteiger partial charge on any atom is -0.481 e. The first-order chi connectivity index (χ1) is 8.90. The Morgan fingerprint density at radius 1 is 1.42 bits per heavy atom. The fourth-order valence-corrected chi connectivity index (χ4v) is 2.15. The van der Waals surface area contributed by atoms with Crippen molar-refractivity contribution in [2.45, 2.75) is 20.3 Å². The van der Waals surface area contributed by atoms with Gasteiger partial charge in [-0.25, -0.2) is 5.10 Å². The number of nitrogens with one attached hydrogen (secondary N) is 1. The molecule has 19 heavy (non-hydrogen) atoms. The minimum absolute atomic E-state index is 0.0243. The van der Waals surface area contributed by atoms with E-state index < -0.39 is 11.5 Å². The number of H-pyrrole nitrogens is 1. The van der Waals surface area contributed by atoms with E-state index in [4.69, 9.17) is 5.11 Å². The van der Waals surface area contributed by atoms with Gasteiger partial charge in [0.05, 0.1) is 12.1 Å². The summed E-state index contributed by atoms with van der Waals surface area (Å²) < 4.78 is 0. The largest absolute Gasteiger partial charge is 0.481 e. The Kier molecular flexibility index (Phi) is 3.37. The van der Waals surface area contributed by atoms with Gasteiger partial charge in [-0.3, -0.25) is 14.4 Å². The predicted octanol–water partition coefficient (Wildman–Crippen LogP) is -0.0666. The predicted molar refractivity (Wildman–Crippen MR) is 66.0 cm³/mol. The zero-order valence-electron chi connectivity index (χ0n) is 10.8. The number of carbonyl (C=O) groups is 2. The van der Waals surface area contributed by atoms with Crippen LogP contribution in [-0.2, 0) is 4.79 Å². The maximum atomic E-state index is 12.2. The number of aromatic amines is 1. The lowest BCUT2D eigenvalue weighted by atomic mass is 9.95. The number of hydrogen-bond acceptors (Lipinski definition) is 4. The van der Waals surface area contributed by atoms with Gasteiger partial charge in [0.2, 0.25) is 0 Å². The maximum Gasteiger partial charge on any atom is 0.303 e. The monoisotopic (exact) mass is 265 g/mol. The minimum atomic E-state index is -0.870. The number of amides is 1. The van der Waals surface area contributed by atoms with Gasteiger partial charge in [-0.15, -0.1) is 0 Å².